The molecule has 0 aliphatic heterocycles. The minimum atomic E-state index is -0.816. The highest BCUT2D eigenvalue weighted by atomic mass is 32.2. The Kier molecular flexibility index (Phi) is 8.73. The van der Waals surface area contributed by atoms with E-state index in [-0.39, 0.29) is 5.91 Å². The molecule has 7 heteroatoms. The van der Waals surface area contributed by atoms with Crippen LogP contribution in [0.25, 0.3) is 0 Å². The van der Waals surface area contributed by atoms with Crippen LogP contribution in [0, 0.1) is 13.8 Å². The molecule has 0 aliphatic rings. The fraction of sp³-hybridized carbons (Fsp3) is 0.318. The van der Waals surface area contributed by atoms with E-state index in [0.29, 0.717) is 23.4 Å². The lowest BCUT2D eigenvalue weighted by atomic mass is 10.1. The van der Waals surface area contributed by atoms with E-state index in [4.69, 9.17) is 4.74 Å². The molecule has 0 bridgehead atoms. The second-order valence-electron chi connectivity index (χ2n) is 6.58. The van der Waals surface area contributed by atoms with Gasteiger partial charge in [0.25, 0.3) is 11.8 Å². The Morgan fingerprint density at radius 3 is 2.45 bits per heavy atom. The summed E-state index contributed by atoms with van der Waals surface area (Å²) in [5.41, 5.74) is 3.16. The van der Waals surface area contributed by atoms with Crippen molar-refractivity contribution in [3.8, 4) is 0 Å². The van der Waals surface area contributed by atoms with Crippen molar-refractivity contribution in [1.82, 2.24) is 5.32 Å². The fourth-order valence-electron chi connectivity index (χ4n) is 2.63. The lowest BCUT2D eigenvalue weighted by Gasteiger charge is -2.17. The average Bonchev–Trinajstić information content (AvgIpc) is 2.73. The molecule has 0 saturated carbocycles. The minimum Gasteiger partial charge on any atom is -0.454 e. The molecule has 0 spiro atoms. The molecule has 0 aromatic heterocycles. The van der Waals surface area contributed by atoms with Gasteiger partial charge in [-0.2, -0.15) is 11.8 Å². The predicted octanol–water partition coefficient (Wildman–Crippen LogP) is 3.34. The maximum absolute atomic E-state index is 12.5. The summed E-state index contributed by atoms with van der Waals surface area (Å²) in [7, 11) is 0. The van der Waals surface area contributed by atoms with Gasteiger partial charge >= 0.3 is 5.97 Å². The van der Waals surface area contributed by atoms with E-state index in [1.807, 2.05) is 38.3 Å². The third kappa shape index (κ3) is 6.94. The van der Waals surface area contributed by atoms with Gasteiger partial charge < -0.3 is 15.4 Å². The number of hydrogen-bond donors (Lipinski definition) is 2. The highest BCUT2D eigenvalue weighted by Gasteiger charge is 2.23. The van der Waals surface area contributed by atoms with Crippen molar-refractivity contribution >= 4 is 35.2 Å². The normalized spacial score (nSPS) is 11.4. The maximum atomic E-state index is 12.5. The Bertz CT molecular complexity index is 855. The quantitative estimate of drug-likeness (QED) is 0.615. The summed E-state index contributed by atoms with van der Waals surface area (Å²) in [4.78, 5) is 37.0. The lowest BCUT2D eigenvalue weighted by Crippen LogP contribution is -2.43. The molecule has 29 heavy (non-hydrogen) atoms. The summed E-state index contributed by atoms with van der Waals surface area (Å²) >= 11 is 1.56. The number of thioether (sulfide) groups is 1. The monoisotopic (exact) mass is 414 g/mol. The van der Waals surface area contributed by atoms with Crippen molar-refractivity contribution in [3.63, 3.8) is 0 Å². The van der Waals surface area contributed by atoms with Crippen LogP contribution >= 0.6 is 11.8 Å². The summed E-state index contributed by atoms with van der Waals surface area (Å²) in [6, 6.07) is 13.4. The van der Waals surface area contributed by atoms with E-state index in [2.05, 4.69) is 10.6 Å². The molecule has 1 atom stereocenters. The van der Waals surface area contributed by atoms with E-state index >= 15 is 0 Å². The van der Waals surface area contributed by atoms with E-state index in [9.17, 15) is 14.4 Å². The summed E-state index contributed by atoms with van der Waals surface area (Å²) < 4.78 is 5.17. The van der Waals surface area contributed by atoms with Crippen LogP contribution in [0.2, 0.25) is 0 Å². The van der Waals surface area contributed by atoms with Crippen LogP contribution in [0.3, 0.4) is 0 Å². The first-order valence-electron chi connectivity index (χ1n) is 9.30. The third-order valence-corrected chi connectivity index (χ3v) is 5.10. The van der Waals surface area contributed by atoms with Gasteiger partial charge in [0.15, 0.2) is 6.61 Å². The van der Waals surface area contributed by atoms with Crippen LogP contribution in [0.1, 0.15) is 27.9 Å². The molecule has 0 heterocycles. The Balaban J connectivity index is 1.93. The minimum absolute atomic E-state index is 0.353. The van der Waals surface area contributed by atoms with E-state index in [0.717, 1.165) is 11.1 Å². The molecule has 2 amide bonds. The zero-order chi connectivity index (χ0) is 21.2. The topological polar surface area (TPSA) is 84.5 Å². The van der Waals surface area contributed by atoms with Gasteiger partial charge in [0.2, 0.25) is 0 Å². The van der Waals surface area contributed by atoms with Gasteiger partial charge in [0, 0.05) is 11.3 Å². The Hall–Kier alpha value is -2.80. The molecule has 154 valence electrons. The van der Waals surface area contributed by atoms with E-state index < -0.39 is 24.5 Å². The van der Waals surface area contributed by atoms with Crippen molar-refractivity contribution < 1.29 is 19.1 Å². The standard InChI is InChI=1S/C22H26N2O4S/c1-15-8-7-11-18(16(15)2)23-20(25)14-28-22(27)19(12-13-29-3)24-21(26)17-9-5-4-6-10-17/h4-11,19H,12-14H2,1-3H3,(H,23,25)(H,24,26)/t19-/m0/s1. The molecular weight excluding hydrogens is 388 g/mol. The van der Waals surface area contributed by atoms with Crippen LogP contribution in [0.5, 0.6) is 0 Å². The number of aryl methyl sites for hydroxylation is 1. The number of esters is 1. The zero-order valence-electron chi connectivity index (χ0n) is 16.9. The number of carbonyl (C=O) groups excluding carboxylic acids is 3. The first-order chi connectivity index (χ1) is 13.9. The van der Waals surface area contributed by atoms with Crippen molar-refractivity contribution in [3.05, 3.63) is 65.2 Å². The summed E-state index contributed by atoms with van der Waals surface area (Å²) in [5.74, 6) is -0.734. The number of hydrogen-bond acceptors (Lipinski definition) is 5. The first kappa shape index (κ1) is 22.5. The maximum Gasteiger partial charge on any atom is 0.329 e. The predicted molar refractivity (Wildman–Crippen MR) is 116 cm³/mol. The molecule has 2 aromatic carbocycles. The first-order valence-corrected chi connectivity index (χ1v) is 10.7. The third-order valence-electron chi connectivity index (χ3n) is 4.46. The molecule has 0 unspecified atom stereocenters. The second kappa shape index (κ2) is 11.3. The number of carbonyl (C=O) groups is 3. The van der Waals surface area contributed by atoms with Crippen molar-refractivity contribution in [2.45, 2.75) is 26.3 Å². The fourth-order valence-corrected chi connectivity index (χ4v) is 3.10. The van der Waals surface area contributed by atoms with Crippen molar-refractivity contribution in [2.75, 3.05) is 23.9 Å². The van der Waals surface area contributed by atoms with Crippen molar-refractivity contribution in [1.29, 1.82) is 0 Å². The summed E-state index contributed by atoms with van der Waals surface area (Å²) in [5, 5.41) is 5.45. The SMILES string of the molecule is CSCC[C@H](NC(=O)c1ccccc1)C(=O)OCC(=O)Nc1cccc(C)c1C. The van der Waals surface area contributed by atoms with Gasteiger partial charge in [-0.25, -0.2) is 4.79 Å². The van der Waals surface area contributed by atoms with Gasteiger partial charge in [-0.3, -0.25) is 9.59 Å². The number of nitrogens with one attached hydrogen (secondary N) is 2. The molecule has 6 nitrogen and oxygen atoms in total. The van der Waals surface area contributed by atoms with Crippen LogP contribution < -0.4 is 10.6 Å². The number of anilines is 1. The highest BCUT2D eigenvalue weighted by Crippen LogP contribution is 2.17. The molecule has 0 saturated heterocycles. The van der Waals surface area contributed by atoms with E-state index in [1.54, 1.807) is 42.1 Å². The smallest absolute Gasteiger partial charge is 0.329 e. The molecular formula is C22H26N2O4S. The number of benzene rings is 2. The number of ether oxygens (including phenoxy) is 1. The molecule has 0 radical (unpaired) electrons. The van der Waals surface area contributed by atoms with Crippen LogP contribution in [-0.4, -0.2) is 42.4 Å². The molecule has 0 aliphatic carbocycles. The second-order valence-corrected chi connectivity index (χ2v) is 7.56. The zero-order valence-corrected chi connectivity index (χ0v) is 17.7. The molecule has 2 N–H and O–H groups in total. The van der Waals surface area contributed by atoms with E-state index in [1.165, 1.54) is 0 Å². The van der Waals surface area contributed by atoms with Crippen LogP contribution in [0.15, 0.2) is 48.5 Å². The largest absolute Gasteiger partial charge is 0.454 e. The number of amides is 2. The molecule has 0 fully saturated rings. The van der Waals surface area contributed by atoms with Crippen LogP contribution in [-0.2, 0) is 14.3 Å². The van der Waals surface area contributed by atoms with Gasteiger partial charge in [-0.05, 0) is 61.6 Å². The highest BCUT2D eigenvalue weighted by molar-refractivity contribution is 7.98. The van der Waals surface area contributed by atoms with Gasteiger partial charge in [-0.1, -0.05) is 30.3 Å². The molecule has 2 rings (SSSR count). The average molecular weight is 415 g/mol. The van der Waals surface area contributed by atoms with Gasteiger partial charge in [-0.15, -0.1) is 0 Å². The Labute approximate surface area is 175 Å². The van der Waals surface area contributed by atoms with Gasteiger partial charge in [0.05, 0.1) is 0 Å². The lowest BCUT2D eigenvalue weighted by molar-refractivity contribution is -0.149. The summed E-state index contributed by atoms with van der Waals surface area (Å²) in [6.07, 6.45) is 2.33. The number of rotatable bonds is 9. The molecule has 2 aromatic rings. The Morgan fingerprint density at radius 1 is 1.03 bits per heavy atom. The van der Waals surface area contributed by atoms with Crippen LogP contribution in [0.4, 0.5) is 5.69 Å². The Morgan fingerprint density at radius 2 is 1.76 bits per heavy atom. The summed E-state index contributed by atoms with van der Waals surface area (Å²) in [6.45, 7) is 3.45. The van der Waals surface area contributed by atoms with Gasteiger partial charge in [0.1, 0.15) is 6.04 Å². The van der Waals surface area contributed by atoms with Crippen molar-refractivity contribution in [2.24, 2.45) is 0 Å².